The van der Waals surface area contributed by atoms with Gasteiger partial charge in [-0.2, -0.15) is 0 Å². The maximum absolute atomic E-state index is 12.3. The zero-order valence-corrected chi connectivity index (χ0v) is 12.3. The van der Waals surface area contributed by atoms with E-state index in [2.05, 4.69) is 6.92 Å². The van der Waals surface area contributed by atoms with Gasteiger partial charge in [0.1, 0.15) is 5.75 Å². The second-order valence-electron chi connectivity index (χ2n) is 6.08. The Balaban J connectivity index is 1.80. The van der Waals surface area contributed by atoms with Crippen LogP contribution in [0.25, 0.3) is 0 Å². The zero-order chi connectivity index (χ0) is 14.1. The van der Waals surface area contributed by atoms with Crippen LogP contribution in [0.3, 0.4) is 0 Å². The van der Waals surface area contributed by atoms with Crippen LogP contribution in [0.5, 0.6) is 5.75 Å². The molecule has 1 amide bonds. The van der Waals surface area contributed by atoms with Gasteiger partial charge in [-0.3, -0.25) is 4.79 Å². The number of carbonyl (C=O) groups excluding carboxylic acids is 1. The summed E-state index contributed by atoms with van der Waals surface area (Å²) in [4.78, 5) is 14.3. The van der Waals surface area contributed by atoms with Crippen LogP contribution >= 0.6 is 0 Å². The van der Waals surface area contributed by atoms with Gasteiger partial charge < -0.3 is 9.64 Å². The molecule has 1 saturated heterocycles. The van der Waals surface area contributed by atoms with Gasteiger partial charge in [0.2, 0.25) is 5.91 Å². The summed E-state index contributed by atoms with van der Waals surface area (Å²) in [6.07, 6.45) is 6.54. The summed E-state index contributed by atoms with van der Waals surface area (Å²) >= 11 is 0. The largest absolute Gasteiger partial charge is 0.497 e. The minimum Gasteiger partial charge on any atom is -0.497 e. The monoisotopic (exact) mass is 273 g/mol. The number of carbonyl (C=O) groups is 1. The highest BCUT2D eigenvalue weighted by atomic mass is 16.5. The van der Waals surface area contributed by atoms with E-state index >= 15 is 0 Å². The van der Waals surface area contributed by atoms with Gasteiger partial charge in [-0.05, 0) is 43.0 Å². The van der Waals surface area contributed by atoms with Gasteiger partial charge in [0, 0.05) is 5.69 Å². The van der Waals surface area contributed by atoms with Crippen molar-refractivity contribution in [2.45, 2.75) is 45.1 Å². The summed E-state index contributed by atoms with van der Waals surface area (Å²) in [6, 6.07) is 8.26. The first kappa shape index (κ1) is 13.5. The van der Waals surface area contributed by atoms with E-state index in [1.54, 1.807) is 7.11 Å². The van der Waals surface area contributed by atoms with Gasteiger partial charge in [-0.15, -0.1) is 0 Å². The molecule has 108 valence electrons. The third kappa shape index (κ3) is 2.19. The van der Waals surface area contributed by atoms with E-state index in [0.29, 0.717) is 12.0 Å². The molecule has 0 bridgehead atoms. The van der Waals surface area contributed by atoms with E-state index < -0.39 is 0 Å². The summed E-state index contributed by atoms with van der Waals surface area (Å²) in [7, 11) is 1.66. The molecule has 1 aromatic carbocycles. The Bertz CT molecular complexity index is 476. The Labute approximate surface area is 120 Å². The first-order valence-electron chi connectivity index (χ1n) is 7.69. The van der Waals surface area contributed by atoms with Gasteiger partial charge >= 0.3 is 0 Å². The van der Waals surface area contributed by atoms with Crippen molar-refractivity contribution >= 4 is 11.6 Å². The first-order chi connectivity index (χ1) is 9.72. The molecule has 1 saturated carbocycles. The van der Waals surface area contributed by atoms with Crippen LogP contribution in [0.15, 0.2) is 24.3 Å². The molecule has 2 atom stereocenters. The number of β-lactam (4-membered cyclic amide) rings is 1. The third-order valence-electron chi connectivity index (χ3n) is 4.92. The van der Waals surface area contributed by atoms with Crippen molar-refractivity contribution in [1.29, 1.82) is 0 Å². The van der Waals surface area contributed by atoms with E-state index in [0.717, 1.165) is 11.4 Å². The number of amides is 1. The molecule has 1 heterocycles. The van der Waals surface area contributed by atoms with Crippen LogP contribution in [0.1, 0.15) is 39.0 Å². The number of methoxy groups -OCH3 is 1. The summed E-state index contributed by atoms with van der Waals surface area (Å²) in [5.74, 6) is 1.97. The van der Waals surface area contributed by atoms with Gasteiger partial charge in [-0.1, -0.05) is 26.2 Å². The van der Waals surface area contributed by atoms with Crippen LogP contribution in [-0.2, 0) is 4.79 Å². The highest BCUT2D eigenvalue weighted by Crippen LogP contribution is 2.42. The number of rotatable bonds is 3. The molecule has 0 unspecified atom stereocenters. The quantitative estimate of drug-likeness (QED) is 0.787. The smallest absolute Gasteiger partial charge is 0.232 e. The van der Waals surface area contributed by atoms with E-state index in [-0.39, 0.29) is 11.8 Å². The molecule has 0 spiro atoms. The number of hydrogen-bond acceptors (Lipinski definition) is 2. The molecule has 1 aliphatic carbocycles. The Kier molecular flexibility index (Phi) is 3.68. The zero-order valence-electron chi connectivity index (χ0n) is 12.3. The van der Waals surface area contributed by atoms with Gasteiger partial charge in [0.25, 0.3) is 0 Å². The molecule has 2 fully saturated rings. The van der Waals surface area contributed by atoms with Gasteiger partial charge in [-0.25, -0.2) is 0 Å². The molecule has 20 heavy (non-hydrogen) atoms. The first-order valence-corrected chi connectivity index (χ1v) is 7.69. The highest BCUT2D eigenvalue weighted by molar-refractivity contribution is 6.02. The maximum atomic E-state index is 12.3. The fourth-order valence-corrected chi connectivity index (χ4v) is 3.79. The highest BCUT2D eigenvalue weighted by Gasteiger charge is 2.48. The van der Waals surface area contributed by atoms with Gasteiger partial charge in [0.15, 0.2) is 0 Å². The topological polar surface area (TPSA) is 29.5 Å². The Morgan fingerprint density at radius 1 is 1.10 bits per heavy atom. The van der Waals surface area contributed by atoms with Crippen molar-refractivity contribution < 1.29 is 9.53 Å². The van der Waals surface area contributed by atoms with Crippen molar-refractivity contribution in [3.8, 4) is 5.75 Å². The molecule has 1 aromatic rings. The normalized spacial score (nSPS) is 27.3. The average Bonchev–Trinajstić information content (AvgIpc) is 2.52. The standard InChI is InChI=1S/C17H23NO2/c1-12-16(13-6-4-3-5-7-13)18(17(12)19)14-8-10-15(20-2)11-9-14/h8-13,16H,3-7H2,1-2H3/t12-,16-/m1/s1. The molecular weight excluding hydrogens is 250 g/mol. The van der Waals surface area contributed by atoms with Crippen molar-refractivity contribution in [1.82, 2.24) is 0 Å². The summed E-state index contributed by atoms with van der Waals surface area (Å²) < 4.78 is 5.19. The fourth-order valence-electron chi connectivity index (χ4n) is 3.79. The molecule has 3 rings (SSSR count). The number of ether oxygens (including phenoxy) is 1. The molecule has 0 N–H and O–H groups in total. The lowest BCUT2D eigenvalue weighted by molar-refractivity contribution is -0.131. The van der Waals surface area contributed by atoms with Crippen molar-refractivity contribution in [2.75, 3.05) is 12.0 Å². The Morgan fingerprint density at radius 3 is 2.35 bits per heavy atom. The Morgan fingerprint density at radius 2 is 1.75 bits per heavy atom. The van der Waals surface area contributed by atoms with Crippen LogP contribution < -0.4 is 9.64 Å². The van der Waals surface area contributed by atoms with Crippen LogP contribution in [0.4, 0.5) is 5.69 Å². The van der Waals surface area contributed by atoms with Crippen molar-refractivity contribution in [3.63, 3.8) is 0 Å². The summed E-state index contributed by atoms with van der Waals surface area (Å²) in [6.45, 7) is 2.08. The molecule has 2 aliphatic rings. The molecule has 3 nitrogen and oxygen atoms in total. The lowest BCUT2D eigenvalue weighted by Gasteiger charge is -2.50. The number of nitrogens with zero attached hydrogens (tertiary/aromatic N) is 1. The van der Waals surface area contributed by atoms with E-state index in [4.69, 9.17) is 4.74 Å². The lowest BCUT2D eigenvalue weighted by Crippen LogP contribution is -2.63. The van der Waals surface area contributed by atoms with E-state index in [9.17, 15) is 4.79 Å². The van der Waals surface area contributed by atoms with Crippen molar-refractivity contribution in [3.05, 3.63) is 24.3 Å². The van der Waals surface area contributed by atoms with Gasteiger partial charge in [0.05, 0.1) is 19.1 Å². The van der Waals surface area contributed by atoms with Crippen LogP contribution in [-0.4, -0.2) is 19.1 Å². The number of anilines is 1. The number of hydrogen-bond donors (Lipinski definition) is 0. The summed E-state index contributed by atoms with van der Waals surface area (Å²) in [5, 5.41) is 0. The predicted octanol–water partition coefficient (Wildman–Crippen LogP) is 3.63. The number of benzene rings is 1. The molecule has 3 heteroatoms. The average molecular weight is 273 g/mol. The van der Waals surface area contributed by atoms with E-state index in [1.807, 2.05) is 29.2 Å². The molecule has 0 aromatic heterocycles. The van der Waals surface area contributed by atoms with E-state index in [1.165, 1.54) is 32.1 Å². The molecular formula is C17H23NO2. The predicted molar refractivity (Wildman–Crippen MR) is 80.0 cm³/mol. The minimum atomic E-state index is 0.181. The second-order valence-corrected chi connectivity index (χ2v) is 6.08. The third-order valence-corrected chi connectivity index (χ3v) is 4.92. The lowest BCUT2D eigenvalue weighted by atomic mass is 9.73. The SMILES string of the molecule is COc1ccc(N2C(=O)[C@H](C)[C@@H]2C2CCCCC2)cc1. The van der Waals surface area contributed by atoms with Crippen LogP contribution in [0.2, 0.25) is 0 Å². The molecule has 1 aliphatic heterocycles. The van der Waals surface area contributed by atoms with Crippen LogP contribution in [0, 0.1) is 11.8 Å². The Hall–Kier alpha value is -1.51. The molecule has 0 radical (unpaired) electrons. The fraction of sp³-hybridized carbons (Fsp3) is 0.588. The minimum absolute atomic E-state index is 0.181. The maximum Gasteiger partial charge on any atom is 0.232 e. The van der Waals surface area contributed by atoms with Crippen molar-refractivity contribution in [2.24, 2.45) is 11.8 Å². The second kappa shape index (κ2) is 5.47. The summed E-state index contributed by atoms with van der Waals surface area (Å²) in [5.41, 5.74) is 1.02.